The Hall–Kier alpha value is -3.10. The van der Waals surface area contributed by atoms with Gasteiger partial charge in [-0.25, -0.2) is 8.78 Å². The number of alkyl halides is 2. The third-order valence-electron chi connectivity index (χ3n) is 4.30. The highest BCUT2D eigenvalue weighted by Gasteiger charge is 2.29. The summed E-state index contributed by atoms with van der Waals surface area (Å²) in [6.07, 6.45) is 2.01. The van der Waals surface area contributed by atoms with Crippen molar-refractivity contribution in [3.05, 3.63) is 59.7 Å². The first-order chi connectivity index (χ1) is 13.9. The molecule has 9 heteroatoms. The van der Waals surface area contributed by atoms with E-state index in [0.29, 0.717) is 29.1 Å². The molecule has 3 rings (SSSR count). The number of ether oxygens (including phenoxy) is 1. The van der Waals surface area contributed by atoms with Crippen molar-refractivity contribution < 1.29 is 31.9 Å². The third kappa shape index (κ3) is 5.04. The predicted octanol–water partition coefficient (Wildman–Crippen LogP) is 4.36. The first kappa shape index (κ1) is 20.6. The SMILES string of the molecule is CN(C(=O)C(=NOCC1CC1)c1ccccc1)c1c(OC(F)F)ccc(F)c1F. The van der Waals surface area contributed by atoms with Crippen molar-refractivity contribution in [1.82, 2.24) is 0 Å². The van der Waals surface area contributed by atoms with Crippen molar-refractivity contribution in [3.8, 4) is 5.75 Å². The van der Waals surface area contributed by atoms with Gasteiger partial charge in [0, 0.05) is 12.6 Å². The molecule has 0 atom stereocenters. The van der Waals surface area contributed by atoms with Gasteiger partial charge in [0.2, 0.25) is 0 Å². The first-order valence-corrected chi connectivity index (χ1v) is 8.84. The number of carbonyl (C=O) groups is 1. The number of likely N-dealkylation sites (N-methyl/N-ethyl adjacent to an activating group) is 1. The van der Waals surface area contributed by atoms with Crippen molar-refractivity contribution in [2.24, 2.45) is 11.1 Å². The average molecular weight is 410 g/mol. The van der Waals surface area contributed by atoms with Crippen LogP contribution < -0.4 is 9.64 Å². The number of anilines is 1. The molecular weight excluding hydrogens is 392 g/mol. The number of hydrogen-bond acceptors (Lipinski definition) is 4. The Morgan fingerprint density at radius 2 is 1.86 bits per heavy atom. The van der Waals surface area contributed by atoms with Gasteiger partial charge in [-0.3, -0.25) is 4.79 Å². The lowest BCUT2D eigenvalue weighted by Gasteiger charge is -2.22. The molecule has 1 saturated carbocycles. The van der Waals surface area contributed by atoms with E-state index in [1.165, 1.54) is 0 Å². The van der Waals surface area contributed by atoms with Crippen LogP contribution >= 0.6 is 0 Å². The average Bonchev–Trinajstić information content (AvgIpc) is 3.52. The zero-order chi connectivity index (χ0) is 21.0. The number of benzene rings is 2. The van der Waals surface area contributed by atoms with Gasteiger partial charge in [0.05, 0.1) is 0 Å². The van der Waals surface area contributed by atoms with Gasteiger partial charge < -0.3 is 14.5 Å². The smallest absolute Gasteiger partial charge is 0.387 e. The fourth-order valence-electron chi connectivity index (χ4n) is 2.59. The lowest BCUT2D eigenvalue weighted by Crippen LogP contribution is -2.35. The van der Waals surface area contributed by atoms with Crippen LogP contribution in [0.3, 0.4) is 0 Å². The Kier molecular flexibility index (Phi) is 6.36. The highest BCUT2D eigenvalue weighted by atomic mass is 19.3. The summed E-state index contributed by atoms with van der Waals surface area (Å²) in [4.78, 5) is 18.9. The summed E-state index contributed by atoms with van der Waals surface area (Å²) >= 11 is 0. The van der Waals surface area contributed by atoms with Crippen LogP contribution in [0.2, 0.25) is 0 Å². The number of carbonyl (C=O) groups excluding carboxylic acids is 1. The van der Waals surface area contributed by atoms with E-state index >= 15 is 0 Å². The summed E-state index contributed by atoms with van der Waals surface area (Å²) in [6.45, 7) is -2.97. The molecule has 0 bridgehead atoms. The number of hydrogen-bond donors (Lipinski definition) is 0. The van der Waals surface area contributed by atoms with Crippen LogP contribution in [0, 0.1) is 17.6 Å². The van der Waals surface area contributed by atoms with E-state index in [2.05, 4.69) is 9.89 Å². The lowest BCUT2D eigenvalue weighted by molar-refractivity contribution is -0.112. The largest absolute Gasteiger partial charge is 0.432 e. The maximum atomic E-state index is 14.4. The van der Waals surface area contributed by atoms with Crippen LogP contribution in [-0.4, -0.2) is 31.9 Å². The minimum absolute atomic E-state index is 0.180. The van der Waals surface area contributed by atoms with Gasteiger partial charge in [0.25, 0.3) is 5.91 Å². The van der Waals surface area contributed by atoms with Crippen molar-refractivity contribution in [2.45, 2.75) is 19.5 Å². The minimum Gasteiger partial charge on any atom is -0.432 e. The molecule has 154 valence electrons. The number of nitrogens with zero attached hydrogens (tertiary/aromatic N) is 2. The van der Waals surface area contributed by atoms with Crippen LogP contribution in [0.15, 0.2) is 47.6 Å². The van der Waals surface area contributed by atoms with Crippen LogP contribution in [-0.2, 0) is 9.63 Å². The summed E-state index contributed by atoms with van der Waals surface area (Å²) in [5.74, 6) is -4.00. The molecule has 5 nitrogen and oxygen atoms in total. The van der Waals surface area contributed by atoms with Gasteiger partial charge >= 0.3 is 6.61 Å². The maximum absolute atomic E-state index is 14.4. The molecule has 1 aliphatic rings. The number of amides is 1. The summed E-state index contributed by atoms with van der Waals surface area (Å²) in [5, 5.41) is 3.88. The van der Waals surface area contributed by atoms with Crippen LogP contribution in [0.25, 0.3) is 0 Å². The Labute approximate surface area is 164 Å². The molecule has 0 aromatic heterocycles. The second-order valence-corrected chi connectivity index (χ2v) is 6.50. The van der Waals surface area contributed by atoms with Crippen molar-refractivity contribution >= 4 is 17.3 Å². The van der Waals surface area contributed by atoms with E-state index in [-0.39, 0.29) is 5.71 Å². The zero-order valence-electron chi connectivity index (χ0n) is 15.4. The second kappa shape index (κ2) is 8.93. The molecule has 2 aromatic rings. The molecule has 2 aromatic carbocycles. The van der Waals surface area contributed by atoms with E-state index < -0.39 is 35.6 Å². The molecule has 29 heavy (non-hydrogen) atoms. The van der Waals surface area contributed by atoms with Gasteiger partial charge in [-0.15, -0.1) is 0 Å². The summed E-state index contributed by atoms with van der Waals surface area (Å²) < 4.78 is 57.7. The van der Waals surface area contributed by atoms with Crippen LogP contribution in [0.5, 0.6) is 5.75 Å². The van der Waals surface area contributed by atoms with Gasteiger partial charge in [-0.05, 0) is 30.9 Å². The van der Waals surface area contributed by atoms with E-state index in [1.807, 2.05) is 0 Å². The van der Waals surface area contributed by atoms with Crippen molar-refractivity contribution in [2.75, 3.05) is 18.6 Å². The molecule has 0 unspecified atom stereocenters. The van der Waals surface area contributed by atoms with E-state index in [4.69, 9.17) is 4.84 Å². The summed E-state index contributed by atoms with van der Waals surface area (Å²) in [5.41, 5.74) is -0.574. The Bertz CT molecular complexity index is 902. The first-order valence-electron chi connectivity index (χ1n) is 8.84. The summed E-state index contributed by atoms with van der Waals surface area (Å²) in [6, 6.07) is 9.68. The molecule has 0 saturated heterocycles. The molecule has 1 aliphatic carbocycles. The molecule has 0 radical (unpaired) electrons. The third-order valence-corrected chi connectivity index (χ3v) is 4.30. The van der Waals surface area contributed by atoms with E-state index in [1.54, 1.807) is 30.3 Å². The van der Waals surface area contributed by atoms with E-state index in [9.17, 15) is 22.4 Å². The van der Waals surface area contributed by atoms with E-state index in [0.717, 1.165) is 26.0 Å². The summed E-state index contributed by atoms with van der Waals surface area (Å²) in [7, 11) is 1.11. The van der Waals surface area contributed by atoms with Gasteiger partial charge in [-0.1, -0.05) is 35.5 Å². The monoisotopic (exact) mass is 410 g/mol. The Morgan fingerprint density at radius 3 is 2.48 bits per heavy atom. The standard InChI is InChI=1S/C20H18F4N2O3/c1-26(18-15(29-20(23)24)10-9-14(21)16(18)22)19(27)17(13-5-3-2-4-6-13)25-28-11-12-7-8-12/h2-6,9-10,12,20H,7-8,11H2,1H3. The van der Waals surface area contributed by atoms with Crippen LogP contribution in [0.4, 0.5) is 23.2 Å². The fourth-order valence-corrected chi connectivity index (χ4v) is 2.59. The van der Waals surface area contributed by atoms with Gasteiger partial charge in [-0.2, -0.15) is 8.78 Å². The quantitative estimate of drug-likeness (QED) is 0.369. The molecule has 0 aliphatic heterocycles. The molecule has 1 amide bonds. The van der Waals surface area contributed by atoms with Gasteiger partial charge in [0.15, 0.2) is 23.1 Å². The molecular formula is C20H18F4N2O3. The molecule has 0 spiro atoms. The van der Waals surface area contributed by atoms with Gasteiger partial charge in [0.1, 0.15) is 12.3 Å². The number of rotatable bonds is 8. The zero-order valence-corrected chi connectivity index (χ0v) is 15.4. The van der Waals surface area contributed by atoms with Crippen molar-refractivity contribution in [3.63, 3.8) is 0 Å². The number of halogens is 4. The lowest BCUT2D eigenvalue weighted by atomic mass is 10.1. The van der Waals surface area contributed by atoms with Crippen LogP contribution in [0.1, 0.15) is 18.4 Å². The molecule has 0 N–H and O–H groups in total. The minimum atomic E-state index is -3.29. The highest BCUT2D eigenvalue weighted by Crippen LogP contribution is 2.34. The Balaban J connectivity index is 1.96. The molecule has 0 heterocycles. The second-order valence-electron chi connectivity index (χ2n) is 6.50. The predicted molar refractivity (Wildman–Crippen MR) is 98.1 cm³/mol. The Morgan fingerprint density at radius 1 is 1.17 bits per heavy atom. The maximum Gasteiger partial charge on any atom is 0.387 e. The highest BCUT2D eigenvalue weighted by molar-refractivity contribution is 6.49. The number of oxime groups is 1. The van der Waals surface area contributed by atoms with Crippen molar-refractivity contribution in [1.29, 1.82) is 0 Å². The fraction of sp³-hybridized carbons (Fsp3) is 0.300. The normalized spacial score (nSPS) is 14.1. The topological polar surface area (TPSA) is 51.1 Å². The molecule has 1 fully saturated rings.